The van der Waals surface area contributed by atoms with Gasteiger partial charge in [-0.1, -0.05) is 90.4 Å². The van der Waals surface area contributed by atoms with E-state index in [1.165, 1.54) is 90.4 Å². The van der Waals surface area contributed by atoms with E-state index in [1.54, 1.807) is 0 Å². The van der Waals surface area contributed by atoms with Gasteiger partial charge < -0.3 is 14.6 Å². The second-order valence-electron chi connectivity index (χ2n) is 7.13. The summed E-state index contributed by atoms with van der Waals surface area (Å²) in [6.07, 6.45) is 18.1. The van der Waals surface area contributed by atoms with Crippen LogP contribution in [-0.2, 0) is 14.3 Å². The minimum absolute atomic E-state index is 0.0219. The molecule has 0 heterocycles. The van der Waals surface area contributed by atoms with Crippen molar-refractivity contribution in [1.29, 1.82) is 0 Å². The topological polar surface area (TPSA) is 55.8 Å². The van der Waals surface area contributed by atoms with Crippen LogP contribution < -0.4 is 0 Å². The first-order chi connectivity index (χ1) is 12.2. The lowest BCUT2D eigenvalue weighted by atomic mass is 10.0. The highest BCUT2D eigenvalue weighted by Gasteiger charge is 2.05. The van der Waals surface area contributed by atoms with Crippen molar-refractivity contribution in [3.63, 3.8) is 0 Å². The summed E-state index contributed by atoms with van der Waals surface area (Å²) < 4.78 is 10.1. The molecule has 0 bridgehead atoms. The summed E-state index contributed by atoms with van der Waals surface area (Å²) in [5, 5.41) is 9.51. The first kappa shape index (κ1) is 24.4. The van der Waals surface area contributed by atoms with E-state index in [2.05, 4.69) is 6.92 Å². The highest BCUT2D eigenvalue weighted by molar-refractivity contribution is 5.65. The first-order valence-corrected chi connectivity index (χ1v) is 10.6. The Morgan fingerprint density at radius 2 is 1.20 bits per heavy atom. The lowest BCUT2D eigenvalue weighted by molar-refractivity contribution is -0.145. The molecule has 0 fully saturated rings. The molecule has 25 heavy (non-hydrogen) atoms. The minimum Gasteiger partial charge on any atom is -0.463 e. The van der Waals surface area contributed by atoms with Gasteiger partial charge in [0.05, 0.1) is 6.61 Å². The molecule has 1 atom stereocenters. The smallest absolute Gasteiger partial charge is 0.302 e. The summed E-state index contributed by atoms with van der Waals surface area (Å²) in [5.41, 5.74) is 0. The molecule has 4 heteroatoms. The summed E-state index contributed by atoms with van der Waals surface area (Å²) in [5.74, 6) is -0.369. The van der Waals surface area contributed by atoms with E-state index in [0.29, 0.717) is 6.61 Å². The fourth-order valence-electron chi connectivity index (χ4n) is 2.88. The third kappa shape index (κ3) is 21.3. The Kier molecular flexibility index (Phi) is 19.2. The predicted octanol–water partition coefficient (Wildman–Crippen LogP) is 5.41. The molecule has 0 aliphatic carbocycles. The molecule has 1 unspecified atom stereocenters. The molecule has 0 spiro atoms. The van der Waals surface area contributed by atoms with Crippen LogP contribution in [0.5, 0.6) is 0 Å². The lowest BCUT2D eigenvalue weighted by Crippen LogP contribution is -2.23. The number of hydrogen-bond acceptors (Lipinski definition) is 4. The zero-order valence-electron chi connectivity index (χ0n) is 16.8. The van der Waals surface area contributed by atoms with E-state index in [-0.39, 0.29) is 19.2 Å². The van der Waals surface area contributed by atoms with Crippen LogP contribution in [0.25, 0.3) is 0 Å². The van der Waals surface area contributed by atoms with Crippen LogP contribution in [0.1, 0.15) is 104 Å². The van der Waals surface area contributed by atoms with Crippen molar-refractivity contribution in [1.82, 2.24) is 0 Å². The fourth-order valence-corrected chi connectivity index (χ4v) is 2.88. The van der Waals surface area contributed by atoms with Crippen LogP contribution in [0.15, 0.2) is 0 Å². The van der Waals surface area contributed by atoms with Crippen molar-refractivity contribution in [2.75, 3.05) is 19.8 Å². The van der Waals surface area contributed by atoms with Gasteiger partial charge >= 0.3 is 5.97 Å². The zero-order chi connectivity index (χ0) is 18.6. The zero-order valence-corrected chi connectivity index (χ0v) is 16.8. The summed E-state index contributed by atoms with van der Waals surface area (Å²) >= 11 is 0. The number of aliphatic hydroxyl groups excluding tert-OH is 1. The molecule has 0 aromatic rings. The van der Waals surface area contributed by atoms with E-state index >= 15 is 0 Å². The third-order valence-corrected chi connectivity index (χ3v) is 4.43. The van der Waals surface area contributed by atoms with E-state index in [0.717, 1.165) is 6.42 Å². The Balaban J connectivity index is 3.08. The van der Waals surface area contributed by atoms with Crippen molar-refractivity contribution < 1.29 is 19.4 Å². The molecule has 0 aromatic heterocycles. The summed E-state index contributed by atoms with van der Waals surface area (Å²) in [7, 11) is 0. The number of carbonyl (C=O) groups is 1. The van der Waals surface area contributed by atoms with Crippen molar-refractivity contribution in [2.24, 2.45) is 0 Å². The molecular weight excluding hydrogens is 316 g/mol. The van der Waals surface area contributed by atoms with Gasteiger partial charge in [-0.3, -0.25) is 4.79 Å². The van der Waals surface area contributed by atoms with Gasteiger partial charge in [-0.05, 0) is 6.42 Å². The average Bonchev–Trinajstić information content (AvgIpc) is 2.59. The monoisotopic (exact) mass is 358 g/mol. The summed E-state index contributed by atoms with van der Waals surface area (Å²) in [4.78, 5) is 10.6. The number of esters is 1. The van der Waals surface area contributed by atoms with E-state index in [9.17, 15) is 9.90 Å². The minimum atomic E-state index is -0.712. The second-order valence-corrected chi connectivity index (χ2v) is 7.13. The van der Waals surface area contributed by atoms with Gasteiger partial charge in [0.2, 0.25) is 0 Å². The molecule has 0 amide bonds. The van der Waals surface area contributed by atoms with Gasteiger partial charge in [0.1, 0.15) is 12.7 Å². The first-order valence-electron chi connectivity index (χ1n) is 10.6. The van der Waals surface area contributed by atoms with Crippen LogP contribution in [0.4, 0.5) is 0 Å². The molecule has 0 saturated heterocycles. The lowest BCUT2D eigenvalue weighted by Gasteiger charge is -2.10. The van der Waals surface area contributed by atoms with Gasteiger partial charge in [-0.15, -0.1) is 0 Å². The Morgan fingerprint density at radius 1 is 0.760 bits per heavy atom. The highest BCUT2D eigenvalue weighted by Crippen LogP contribution is 2.12. The Morgan fingerprint density at radius 3 is 1.64 bits per heavy atom. The maximum absolute atomic E-state index is 10.6. The maximum atomic E-state index is 10.6. The van der Waals surface area contributed by atoms with Gasteiger partial charge in [-0.2, -0.15) is 0 Å². The molecule has 0 saturated carbocycles. The highest BCUT2D eigenvalue weighted by atomic mass is 16.5. The SMILES string of the molecule is CCCCCCCCCCCCCCCCOCC(O)COC(C)=O. The van der Waals surface area contributed by atoms with Gasteiger partial charge in [0.15, 0.2) is 0 Å². The number of carbonyl (C=O) groups excluding carboxylic acids is 1. The van der Waals surface area contributed by atoms with Crippen LogP contribution >= 0.6 is 0 Å². The molecule has 0 aromatic carbocycles. The fraction of sp³-hybridized carbons (Fsp3) is 0.952. The maximum Gasteiger partial charge on any atom is 0.302 e. The van der Waals surface area contributed by atoms with Crippen LogP contribution in [0, 0.1) is 0 Å². The number of ether oxygens (including phenoxy) is 2. The van der Waals surface area contributed by atoms with E-state index in [1.807, 2.05) is 0 Å². The Hall–Kier alpha value is -0.610. The Bertz CT molecular complexity index is 281. The molecule has 4 nitrogen and oxygen atoms in total. The molecule has 0 aliphatic heterocycles. The number of aliphatic hydroxyl groups is 1. The second kappa shape index (κ2) is 19.7. The van der Waals surface area contributed by atoms with Crippen molar-refractivity contribution in [2.45, 2.75) is 110 Å². The molecular formula is C21H42O4. The van der Waals surface area contributed by atoms with Gasteiger partial charge in [0, 0.05) is 13.5 Å². The average molecular weight is 359 g/mol. The normalized spacial score (nSPS) is 12.3. The number of hydrogen-bond donors (Lipinski definition) is 1. The molecule has 0 radical (unpaired) electrons. The van der Waals surface area contributed by atoms with Crippen LogP contribution in [0.3, 0.4) is 0 Å². The standard InChI is InChI=1S/C21H42O4/c1-3-4-5-6-7-8-9-10-11-12-13-14-15-16-17-24-18-21(23)19-25-20(2)22/h21,23H,3-19H2,1-2H3. The van der Waals surface area contributed by atoms with Gasteiger partial charge in [0.25, 0.3) is 0 Å². The molecule has 0 rings (SSSR count). The summed E-state index contributed by atoms with van der Waals surface area (Å²) in [6, 6.07) is 0. The van der Waals surface area contributed by atoms with E-state index in [4.69, 9.17) is 9.47 Å². The molecule has 0 aliphatic rings. The van der Waals surface area contributed by atoms with Crippen molar-refractivity contribution in [3.8, 4) is 0 Å². The van der Waals surface area contributed by atoms with E-state index < -0.39 is 6.10 Å². The van der Waals surface area contributed by atoms with Gasteiger partial charge in [-0.25, -0.2) is 0 Å². The third-order valence-electron chi connectivity index (χ3n) is 4.43. The Labute approximate surface area is 155 Å². The number of rotatable bonds is 19. The quantitative estimate of drug-likeness (QED) is 0.248. The van der Waals surface area contributed by atoms with Crippen molar-refractivity contribution >= 4 is 5.97 Å². The van der Waals surface area contributed by atoms with Crippen molar-refractivity contribution in [3.05, 3.63) is 0 Å². The van der Waals surface area contributed by atoms with Crippen LogP contribution in [0.2, 0.25) is 0 Å². The summed E-state index contributed by atoms with van der Waals surface area (Å²) in [6.45, 7) is 4.54. The number of unbranched alkanes of at least 4 members (excludes halogenated alkanes) is 13. The molecule has 150 valence electrons. The van der Waals surface area contributed by atoms with Crippen LogP contribution in [-0.4, -0.2) is 37.0 Å². The largest absolute Gasteiger partial charge is 0.463 e. The molecule has 1 N–H and O–H groups in total. The predicted molar refractivity (Wildman–Crippen MR) is 104 cm³/mol.